The van der Waals surface area contributed by atoms with Gasteiger partial charge in [0.15, 0.2) is 0 Å². The number of hydrogen-bond donors (Lipinski definition) is 2. The Morgan fingerprint density at radius 3 is 3.06 bits per heavy atom. The molecule has 0 radical (unpaired) electrons. The van der Waals surface area contributed by atoms with Crippen molar-refractivity contribution < 1.29 is 19.4 Å². The summed E-state index contributed by atoms with van der Waals surface area (Å²) in [5, 5.41) is 16.0. The van der Waals surface area contributed by atoms with Gasteiger partial charge in [-0.05, 0) is 29.5 Å². The molecule has 0 spiro atoms. The lowest BCUT2D eigenvalue weighted by atomic mass is 10.1. The number of nitrogens with one attached hydrogen (secondary N) is 1. The van der Waals surface area contributed by atoms with Crippen LogP contribution in [0.25, 0.3) is 0 Å². The highest BCUT2D eigenvalue weighted by atomic mass is 127. The Morgan fingerprint density at radius 1 is 1.72 bits per heavy atom. The van der Waals surface area contributed by atoms with E-state index in [1.165, 1.54) is 4.68 Å². The topological polar surface area (TPSA) is 93.5 Å². The quantitative estimate of drug-likeness (QED) is 0.579. The molecule has 2 N–H and O–H groups in total. The fraction of sp³-hybridized carbons (Fsp3) is 0.500. The van der Waals surface area contributed by atoms with Crippen LogP contribution >= 0.6 is 22.6 Å². The van der Waals surface area contributed by atoms with Crippen molar-refractivity contribution in [1.29, 1.82) is 0 Å². The number of aliphatic hydroxyl groups excluding tert-OH is 1. The Morgan fingerprint density at radius 2 is 2.44 bits per heavy atom. The summed E-state index contributed by atoms with van der Waals surface area (Å²) in [7, 11) is 0. The third kappa shape index (κ3) is 2.09. The molecule has 0 saturated carbocycles. The smallest absolute Gasteiger partial charge is 0.343 e. The van der Waals surface area contributed by atoms with Crippen LogP contribution < -0.4 is 5.32 Å². The largest absolute Gasteiger partial charge is 0.462 e. The molecule has 18 heavy (non-hydrogen) atoms. The molecule has 1 atom stereocenters. The minimum absolute atomic E-state index is 0.156. The van der Waals surface area contributed by atoms with Gasteiger partial charge in [-0.25, -0.2) is 4.79 Å². The van der Waals surface area contributed by atoms with E-state index in [1.807, 2.05) is 22.6 Å². The van der Waals surface area contributed by atoms with Crippen LogP contribution in [0.2, 0.25) is 0 Å². The van der Waals surface area contributed by atoms with E-state index in [1.54, 1.807) is 6.92 Å². The van der Waals surface area contributed by atoms with E-state index in [0.29, 0.717) is 10.2 Å². The second-order valence-electron chi connectivity index (χ2n) is 3.73. The molecule has 1 amide bonds. The lowest BCUT2D eigenvalue weighted by Crippen LogP contribution is -2.41. The van der Waals surface area contributed by atoms with Gasteiger partial charge in [0.25, 0.3) is 5.91 Å². The normalized spacial score (nSPS) is 18.2. The maximum atomic E-state index is 11.8. The molecule has 0 aromatic carbocycles. The number of ether oxygens (including phenoxy) is 1. The van der Waals surface area contributed by atoms with Gasteiger partial charge in [0.05, 0.1) is 19.3 Å². The third-order valence-electron chi connectivity index (χ3n) is 2.62. The van der Waals surface area contributed by atoms with Crippen molar-refractivity contribution in [2.45, 2.75) is 13.0 Å². The van der Waals surface area contributed by atoms with Crippen molar-refractivity contribution in [3.63, 3.8) is 0 Å². The van der Waals surface area contributed by atoms with Crippen LogP contribution in [0.15, 0.2) is 0 Å². The molecular weight excluding hydrogens is 353 g/mol. The number of carbonyl (C=O) groups excluding carboxylic acids is 2. The van der Waals surface area contributed by atoms with Crippen LogP contribution in [-0.4, -0.2) is 46.5 Å². The minimum Gasteiger partial charge on any atom is -0.462 e. The molecule has 7 nitrogen and oxygen atoms in total. The zero-order valence-corrected chi connectivity index (χ0v) is 11.8. The predicted octanol–water partition coefficient (Wildman–Crippen LogP) is -0.0588. The highest BCUT2D eigenvalue weighted by Gasteiger charge is 2.34. The Hall–Kier alpha value is -1.16. The van der Waals surface area contributed by atoms with E-state index < -0.39 is 5.97 Å². The van der Waals surface area contributed by atoms with Crippen LogP contribution in [0.1, 0.15) is 33.8 Å². The average Bonchev–Trinajstić information content (AvgIpc) is 2.68. The fourth-order valence-electron chi connectivity index (χ4n) is 1.80. The zero-order chi connectivity index (χ0) is 13.3. The minimum atomic E-state index is -0.572. The number of carbonyl (C=O) groups is 2. The number of aliphatic hydroxyl groups is 1. The van der Waals surface area contributed by atoms with Crippen LogP contribution in [-0.2, 0) is 4.74 Å². The van der Waals surface area contributed by atoms with Crippen molar-refractivity contribution in [1.82, 2.24) is 15.1 Å². The second-order valence-corrected chi connectivity index (χ2v) is 4.75. The third-order valence-corrected chi connectivity index (χ3v) is 3.37. The van der Waals surface area contributed by atoms with Crippen LogP contribution in [0.4, 0.5) is 0 Å². The Balaban J connectivity index is 2.52. The first-order valence-corrected chi connectivity index (χ1v) is 6.52. The molecule has 1 aliphatic rings. The summed E-state index contributed by atoms with van der Waals surface area (Å²) in [4.78, 5) is 23.6. The fourth-order valence-corrected chi connectivity index (χ4v) is 2.50. The molecule has 2 heterocycles. The number of rotatable bonds is 3. The van der Waals surface area contributed by atoms with Crippen molar-refractivity contribution in [2.24, 2.45) is 0 Å². The number of fused-ring (bicyclic) bond motifs is 1. The van der Waals surface area contributed by atoms with Gasteiger partial charge in [0, 0.05) is 6.54 Å². The van der Waals surface area contributed by atoms with Crippen LogP contribution in [0, 0.1) is 3.70 Å². The maximum Gasteiger partial charge on any atom is 0.343 e. The molecule has 2 rings (SSSR count). The first-order chi connectivity index (χ1) is 8.60. The van der Waals surface area contributed by atoms with E-state index in [4.69, 9.17) is 4.74 Å². The van der Waals surface area contributed by atoms with Gasteiger partial charge in [-0.2, -0.15) is 5.10 Å². The highest BCUT2D eigenvalue weighted by Crippen LogP contribution is 2.23. The van der Waals surface area contributed by atoms with Crippen LogP contribution in [0.3, 0.4) is 0 Å². The summed E-state index contributed by atoms with van der Waals surface area (Å²) in [6, 6.07) is -0.352. The van der Waals surface area contributed by atoms with Gasteiger partial charge >= 0.3 is 5.97 Å². The number of aromatic nitrogens is 2. The summed E-state index contributed by atoms with van der Waals surface area (Å²) in [6.07, 6.45) is 0. The summed E-state index contributed by atoms with van der Waals surface area (Å²) < 4.78 is 6.71. The van der Waals surface area contributed by atoms with Gasteiger partial charge in [-0.1, -0.05) is 0 Å². The molecule has 0 aliphatic carbocycles. The standard InChI is InChI=1S/C10H12IN3O4/c1-2-18-10(17)6-7-9(16)12-3-5(4-15)14(7)13-8(6)11/h5,15H,2-4H2,1H3,(H,12,16). The second kappa shape index (κ2) is 5.22. The molecule has 1 aliphatic heterocycles. The number of hydrogen-bond acceptors (Lipinski definition) is 5. The van der Waals surface area contributed by atoms with Gasteiger partial charge < -0.3 is 15.2 Å². The lowest BCUT2D eigenvalue weighted by molar-refractivity contribution is 0.0519. The number of halogens is 1. The van der Waals surface area contributed by atoms with Crippen molar-refractivity contribution >= 4 is 34.5 Å². The summed E-state index contributed by atoms with van der Waals surface area (Å²) >= 11 is 1.88. The maximum absolute atomic E-state index is 11.8. The highest BCUT2D eigenvalue weighted by molar-refractivity contribution is 14.1. The van der Waals surface area contributed by atoms with Crippen molar-refractivity contribution in [2.75, 3.05) is 19.8 Å². The van der Waals surface area contributed by atoms with E-state index in [0.717, 1.165) is 0 Å². The van der Waals surface area contributed by atoms with Crippen molar-refractivity contribution in [3.8, 4) is 0 Å². The molecule has 0 fully saturated rings. The monoisotopic (exact) mass is 365 g/mol. The molecular formula is C10H12IN3O4. The van der Waals surface area contributed by atoms with E-state index in [2.05, 4.69) is 10.4 Å². The van der Waals surface area contributed by atoms with E-state index >= 15 is 0 Å². The van der Waals surface area contributed by atoms with Gasteiger partial charge in [0.1, 0.15) is 15.0 Å². The molecule has 0 saturated heterocycles. The Kier molecular flexibility index (Phi) is 3.85. The zero-order valence-electron chi connectivity index (χ0n) is 9.64. The van der Waals surface area contributed by atoms with E-state index in [-0.39, 0.29) is 36.4 Å². The van der Waals surface area contributed by atoms with Crippen molar-refractivity contribution in [3.05, 3.63) is 15.0 Å². The number of nitrogens with zero attached hydrogens (tertiary/aromatic N) is 2. The van der Waals surface area contributed by atoms with E-state index in [9.17, 15) is 14.7 Å². The first-order valence-electron chi connectivity index (χ1n) is 5.44. The number of esters is 1. The average molecular weight is 365 g/mol. The van der Waals surface area contributed by atoms with Crippen LogP contribution in [0.5, 0.6) is 0 Å². The Labute approximate surface area is 117 Å². The number of amides is 1. The SMILES string of the molecule is CCOC(=O)c1c(I)nn2c1C(=O)NCC2CO. The lowest BCUT2D eigenvalue weighted by Gasteiger charge is -2.23. The summed E-state index contributed by atoms with van der Waals surface area (Å²) in [6.45, 7) is 2.05. The molecule has 8 heteroatoms. The predicted molar refractivity (Wildman–Crippen MR) is 69.4 cm³/mol. The van der Waals surface area contributed by atoms with Gasteiger partial charge in [-0.15, -0.1) is 0 Å². The molecule has 1 aromatic rings. The van der Waals surface area contributed by atoms with Gasteiger partial charge in [0.2, 0.25) is 0 Å². The first kappa shape index (κ1) is 13.3. The summed E-state index contributed by atoms with van der Waals surface area (Å²) in [5.74, 6) is -0.949. The molecule has 98 valence electrons. The Bertz CT molecular complexity index is 500. The molecule has 0 bridgehead atoms. The molecule has 1 unspecified atom stereocenters. The van der Waals surface area contributed by atoms with Gasteiger partial charge in [-0.3, -0.25) is 9.48 Å². The molecule has 1 aromatic heterocycles. The summed E-state index contributed by atoms with van der Waals surface area (Å²) in [5.41, 5.74) is 0.316.